The maximum atomic E-state index is 9.07. The number of anilines is 2. The molecule has 2 unspecified atom stereocenters. The zero-order chi connectivity index (χ0) is 16.9. The van der Waals surface area contributed by atoms with Crippen molar-refractivity contribution in [1.82, 2.24) is 9.97 Å². The molecule has 1 aromatic heterocycles. The SMILES string of the molecule is CC(C)(O)O.Nc1c(Cl)nc(Cl)nc1NC1CCC(CO)C1. The Kier molecular flexibility index (Phi) is 7.08. The molecule has 1 saturated carbocycles. The lowest BCUT2D eigenvalue weighted by Gasteiger charge is -2.15. The summed E-state index contributed by atoms with van der Waals surface area (Å²) in [4.78, 5) is 7.77. The number of aliphatic hydroxyl groups is 3. The average molecular weight is 353 g/mol. The molecule has 1 heterocycles. The van der Waals surface area contributed by atoms with E-state index in [2.05, 4.69) is 15.3 Å². The van der Waals surface area contributed by atoms with E-state index in [-0.39, 0.29) is 23.1 Å². The van der Waals surface area contributed by atoms with Crippen LogP contribution in [0.1, 0.15) is 33.1 Å². The van der Waals surface area contributed by atoms with Crippen LogP contribution < -0.4 is 11.1 Å². The number of nitrogens with one attached hydrogen (secondary N) is 1. The van der Waals surface area contributed by atoms with Crippen LogP contribution in [0.3, 0.4) is 0 Å². The number of nitrogen functional groups attached to an aromatic ring is 1. The number of hydrogen-bond donors (Lipinski definition) is 5. The number of aromatic nitrogens is 2. The van der Waals surface area contributed by atoms with Gasteiger partial charge in [-0.25, -0.2) is 4.98 Å². The van der Waals surface area contributed by atoms with Crippen LogP contribution in [-0.2, 0) is 0 Å². The van der Waals surface area contributed by atoms with E-state index in [0.29, 0.717) is 17.4 Å². The Bertz CT molecular complexity index is 491. The molecule has 0 aliphatic heterocycles. The van der Waals surface area contributed by atoms with Gasteiger partial charge >= 0.3 is 0 Å². The third kappa shape index (κ3) is 6.93. The van der Waals surface area contributed by atoms with Crippen LogP contribution in [0, 0.1) is 5.92 Å². The fourth-order valence-corrected chi connectivity index (χ4v) is 2.47. The highest BCUT2D eigenvalue weighted by Crippen LogP contribution is 2.31. The van der Waals surface area contributed by atoms with Crippen LogP contribution in [0.25, 0.3) is 0 Å². The summed E-state index contributed by atoms with van der Waals surface area (Å²) in [7, 11) is 0. The van der Waals surface area contributed by atoms with Crippen molar-refractivity contribution in [3.63, 3.8) is 0 Å². The smallest absolute Gasteiger partial charge is 0.225 e. The van der Waals surface area contributed by atoms with Crippen molar-refractivity contribution in [2.75, 3.05) is 17.7 Å². The molecule has 2 atom stereocenters. The Morgan fingerprint density at radius 2 is 1.86 bits per heavy atom. The molecule has 0 bridgehead atoms. The number of rotatable bonds is 3. The molecule has 1 fully saturated rings. The number of hydrogen-bond acceptors (Lipinski definition) is 7. The first kappa shape index (κ1) is 19.2. The van der Waals surface area contributed by atoms with Gasteiger partial charge in [-0.1, -0.05) is 11.6 Å². The van der Waals surface area contributed by atoms with Gasteiger partial charge in [0.15, 0.2) is 16.8 Å². The molecule has 1 aliphatic rings. The second-order valence-corrected chi connectivity index (χ2v) is 6.44. The number of nitrogens with zero attached hydrogens (tertiary/aromatic N) is 2. The zero-order valence-electron chi connectivity index (χ0n) is 12.6. The van der Waals surface area contributed by atoms with E-state index in [1.807, 2.05) is 0 Å². The number of aliphatic hydroxyl groups excluding tert-OH is 1. The van der Waals surface area contributed by atoms with Crippen molar-refractivity contribution in [3.8, 4) is 0 Å². The second-order valence-electron chi connectivity index (χ2n) is 5.74. The molecule has 0 radical (unpaired) electrons. The highest BCUT2D eigenvalue weighted by molar-refractivity contribution is 6.34. The molecule has 7 nitrogen and oxygen atoms in total. The van der Waals surface area contributed by atoms with E-state index in [4.69, 9.17) is 44.3 Å². The quantitative estimate of drug-likeness (QED) is 0.318. The van der Waals surface area contributed by atoms with Crippen LogP contribution >= 0.6 is 23.2 Å². The Labute approximate surface area is 139 Å². The normalized spacial score (nSPS) is 21.2. The summed E-state index contributed by atoms with van der Waals surface area (Å²) in [6, 6.07) is 0.247. The molecular formula is C13H22Cl2N4O3. The van der Waals surface area contributed by atoms with Gasteiger partial charge in [0.25, 0.3) is 0 Å². The molecule has 0 amide bonds. The molecule has 1 aliphatic carbocycles. The van der Waals surface area contributed by atoms with Crippen LogP contribution in [0.2, 0.25) is 10.4 Å². The first-order valence-electron chi connectivity index (χ1n) is 6.90. The molecule has 22 heavy (non-hydrogen) atoms. The van der Waals surface area contributed by atoms with E-state index in [0.717, 1.165) is 19.3 Å². The molecule has 0 spiro atoms. The Hall–Kier alpha value is -0.860. The fourth-order valence-electron chi connectivity index (χ4n) is 2.09. The van der Waals surface area contributed by atoms with Crippen LogP contribution in [-0.4, -0.2) is 43.7 Å². The highest BCUT2D eigenvalue weighted by Gasteiger charge is 2.25. The standard InChI is InChI=1S/C10H14Cl2N4O.C3H8O2/c11-8-7(13)9(16-10(12)15-8)14-6-2-1-5(3-6)4-17;1-3(2,4)5/h5-6,17H,1-4,13H2,(H,14,15,16);4-5H,1-2H3. The van der Waals surface area contributed by atoms with Gasteiger partial charge in [0, 0.05) is 12.6 Å². The lowest BCUT2D eigenvalue weighted by molar-refractivity contribution is -0.127. The van der Waals surface area contributed by atoms with Gasteiger partial charge in [0.2, 0.25) is 5.28 Å². The third-order valence-electron chi connectivity index (χ3n) is 3.01. The lowest BCUT2D eigenvalue weighted by atomic mass is 10.1. The van der Waals surface area contributed by atoms with Crippen molar-refractivity contribution in [1.29, 1.82) is 0 Å². The Balaban J connectivity index is 0.000000422. The van der Waals surface area contributed by atoms with Gasteiger partial charge in [-0.2, -0.15) is 4.98 Å². The summed E-state index contributed by atoms with van der Waals surface area (Å²) in [5, 5.41) is 28.7. The first-order chi connectivity index (χ1) is 10.1. The molecule has 2 rings (SSSR count). The summed E-state index contributed by atoms with van der Waals surface area (Å²) in [5.41, 5.74) is 6.08. The van der Waals surface area contributed by atoms with Crippen LogP contribution in [0.4, 0.5) is 11.5 Å². The van der Waals surface area contributed by atoms with E-state index in [1.165, 1.54) is 13.8 Å². The largest absolute Gasteiger partial charge is 0.396 e. The maximum Gasteiger partial charge on any atom is 0.225 e. The van der Waals surface area contributed by atoms with Gasteiger partial charge in [-0.3, -0.25) is 0 Å². The molecule has 1 aromatic rings. The average Bonchev–Trinajstić information content (AvgIpc) is 2.81. The van der Waals surface area contributed by atoms with Gasteiger partial charge in [-0.15, -0.1) is 0 Å². The minimum atomic E-state index is -1.50. The van der Waals surface area contributed by atoms with Crippen molar-refractivity contribution in [2.45, 2.75) is 44.9 Å². The van der Waals surface area contributed by atoms with E-state index in [9.17, 15) is 0 Å². The van der Waals surface area contributed by atoms with E-state index < -0.39 is 5.79 Å². The monoisotopic (exact) mass is 352 g/mol. The van der Waals surface area contributed by atoms with Crippen LogP contribution in [0.15, 0.2) is 0 Å². The summed E-state index contributed by atoms with van der Waals surface area (Å²) >= 11 is 11.5. The van der Waals surface area contributed by atoms with Gasteiger partial charge < -0.3 is 26.4 Å². The van der Waals surface area contributed by atoms with Crippen molar-refractivity contribution < 1.29 is 15.3 Å². The Morgan fingerprint density at radius 3 is 2.36 bits per heavy atom. The highest BCUT2D eigenvalue weighted by atomic mass is 35.5. The molecule has 126 valence electrons. The first-order valence-corrected chi connectivity index (χ1v) is 7.66. The third-order valence-corrected chi connectivity index (χ3v) is 3.47. The lowest BCUT2D eigenvalue weighted by Crippen LogP contribution is -2.18. The van der Waals surface area contributed by atoms with Crippen LogP contribution in [0.5, 0.6) is 0 Å². The van der Waals surface area contributed by atoms with Crippen molar-refractivity contribution >= 4 is 34.7 Å². The van der Waals surface area contributed by atoms with Gasteiger partial charge in [-0.05, 0) is 50.6 Å². The minimum Gasteiger partial charge on any atom is -0.396 e. The molecule has 6 N–H and O–H groups in total. The topological polar surface area (TPSA) is 125 Å². The summed E-state index contributed by atoms with van der Waals surface area (Å²) < 4.78 is 0. The van der Waals surface area contributed by atoms with E-state index >= 15 is 0 Å². The predicted octanol–water partition coefficient (Wildman–Crippen LogP) is 1.65. The minimum absolute atomic E-state index is 0.0726. The Morgan fingerprint density at radius 1 is 1.27 bits per heavy atom. The number of nitrogens with two attached hydrogens (primary N) is 1. The fraction of sp³-hybridized carbons (Fsp3) is 0.692. The summed E-state index contributed by atoms with van der Waals surface area (Å²) in [6.45, 7) is 2.82. The summed E-state index contributed by atoms with van der Waals surface area (Å²) in [6.07, 6.45) is 2.87. The maximum absolute atomic E-state index is 9.07. The van der Waals surface area contributed by atoms with Crippen molar-refractivity contribution in [3.05, 3.63) is 10.4 Å². The predicted molar refractivity (Wildman–Crippen MR) is 86.8 cm³/mol. The molecule has 0 aromatic carbocycles. The number of halogens is 2. The van der Waals surface area contributed by atoms with E-state index in [1.54, 1.807) is 0 Å². The van der Waals surface area contributed by atoms with Crippen molar-refractivity contribution in [2.24, 2.45) is 5.92 Å². The molecule has 9 heteroatoms. The zero-order valence-corrected chi connectivity index (χ0v) is 14.1. The molecule has 0 saturated heterocycles. The van der Waals surface area contributed by atoms with Gasteiger partial charge in [0.05, 0.1) is 0 Å². The molecular weight excluding hydrogens is 331 g/mol. The summed E-state index contributed by atoms with van der Waals surface area (Å²) in [5.74, 6) is -0.680. The second kappa shape index (κ2) is 8.12. The van der Waals surface area contributed by atoms with Gasteiger partial charge in [0.1, 0.15) is 5.69 Å².